The van der Waals surface area contributed by atoms with Gasteiger partial charge in [0.2, 0.25) is 5.91 Å². The first-order valence-electron chi connectivity index (χ1n) is 44.8. The quantitative estimate of drug-likeness (QED) is 0.0825. The number of pyridine rings is 3. The highest BCUT2D eigenvalue weighted by atomic mass is 32.1. The second-order valence-electron chi connectivity index (χ2n) is 35.4. The SMILES string of the molecule is C.C.CC(C)Cc1ncc(C(C)C)s1.CC(C)c1cc2cnccc2o1.CC(C)c1ccc(F)c(N2CCOC2=O)c1.CC(C)c1ccc(N2CCCC2=O)cc1.CC(C)c1ccnc(C(F)F)c1.CC(C)c1ccnc(C2CC2)n1.CC(C)c1ccncn1.Cc1cc(C(C)C)ccn1.Cc1ncc(C(C)C)s1.Cc1nccc(C(C)C)n1.Cc1nccc(C(C)C)n1. The van der Waals surface area contributed by atoms with Gasteiger partial charge in [-0.15, -0.1) is 22.7 Å². The Hall–Kier alpha value is -10.5. The van der Waals surface area contributed by atoms with E-state index in [1.165, 1.54) is 72.7 Å². The number of carbonyl (C=O) groups excluding carboxylic acids is 2. The monoisotopic (exact) mass is 1810 g/mol. The first-order chi connectivity index (χ1) is 60.1. The summed E-state index contributed by atoms with van der Waals surface area (Å²) in [5, 5.41) is 3.54. The number of fused-ring (bicyclic) bond motifs is 1. The van der Waals surface area contributed by atoms with Gasteiger partial charge in [-0.25, -0.2) is 67.8 Å². The number of anilines is 2. The summed E-state index contributed by atoms with van der Waals surface area (Å²) >= 11 is 3.64. The van der Waals surface area contributed by atoms with Gasteiger partial charge >= 0.3 is 6.09 Å². The number of halogens is 3. The number of nitrogens with zero attached hydrogens (tertiary/aromatic N) is 15. The van der Waals surface area contributed by atoms with E-state index in [2.05, 4.69) is 240 Å². The summed E-state index contributed by atoms with van der Waals surface area (Å²) in [5.41, 5.74) is 12.4. The van der Waals surface area contributed by atoms with E-state index in [0.29, 0.717) is 90.4 Å². The fourth-order valence-electron chi connectivity index (χ4n) is 11.9. The highest BCUT2D eigenvalue weighted by molar-refractivity contribution is 7.11. The minimum Gasteiger partial charge on any atom is -0.461 e. The predicted molar refractivity (Wildman–Crippen MR) is 531 cm³/mol. The molecule has 12 heterocycles. The third-order valence-corrected chi connectivity index (χ3v) is 22.5. The number of hydrogen-bond acceptors (Lipinski definition) is 19. The third kappa shape index (κ3) is 41.5. The maximum atomic E-state index is 13.6. The van der Waals surface area contributed by atoms with Crippen LogP contribution in [-0.2, 0) is 16.0 Å². The molecule has 0 bridgehead atoms. The largest absolute Gasteiger partial charge is 0.461 e. The molecule has 1 aliphatic carbocycles. The minimum absolute atomic E-state index is 0. The molecule has 3 aliphatic rings. The maximum absolute atomic E-state index is 13.6. The van der Waals surface area contributed by atoms with Crippen LogP contribution in [0.3, 0.4) is 0 Å². The van der Waals surface area contributed by atoms with Crippen molar-refractivity contribution in [2.24, 2.45) is 5.92 Å². The number of aryl methyl sites for hydroxylation is 4. The number of aromatic nitrogens is 13. The topological polar surface area (TPSA) is 231 Å². The number of rotatable bonds is 17. The van der Waals surface area contributed by atoms with Crippen LogP contribution in [0.25, 0.3) is 11.0 Å². The summed E-state index contributed by atoms with van der Waals surface area (Å²) < 4.78 is 48.3. The number of thiazole rings is 2. The molecule has 0 unspecified atom stereocenters. The molecule has 0 N–H and O–H groups in total. The van der Waals surface area contributed by atoms with E-state index in [4.69, 9.17) is 9.15 Å². The lowest BCUT2D eigenvalue weighted by Gasteiger charge is -2.16. The number of ether oxygens (including phenoxy) is 1. The van der Waals surface area contributed by atoms with Gasteiger partial charge in [0, 0.05) is 142 Å². The van der Waals surface area contributed by atoms with Gasteiger partial charge in [0.25, 0.3) is 6.43 Å². The van der Waals surface area contributed by atoms with Gasteiger partial charge < -0.3 is 14.1 Å². The van der Waals surface area contributed by atoms with Crippen LogP contribution >= 0.6 is 22.7 Å². The lowest BCUT2D eigenvalue weighted by molar-refractivity contribution is -0.117. The average Bonchev–Trinajstić information content (AvgIpc) is 1.78. The van der Waals surface area contributed by atoms with Crippen LogP contribution in [0.5, 0.6) is 0 Å². The van der Waals surface area contributed by atoms with Crippen molar-refractivity contribution < 1.29 is 31.9 Å². The summed E-state index contributed by atoms with van der Waals surface area (Å²) in [6.07, 6.45) is 22.1. The van der Waals surface area contributed by atoms with Gasteiger partial charge in [-0.3, -0.25) is 24.6 Å². The zero-order chi connectivity index (χ0) is 94.1. The number of alkyl halides is 2. The van der Waals surface area contributed by atoms with Crippen LogP contribution in [0.1, 0.15) is 384 Å². The summed E-state index contributed by atoms with van der Waals surface area (Å²) in [4.78, 5) is 82.4. The molecule has 2 saturated heterocycles. The molecule has 3 fully saturated rings. The molecule has 0 radical (unpaired) electrons. The third-order valence-electron chi connectivity index (χ3n) is 20.0. The number of cyclic esters (lactones) is 1. The number of benzene rings is 2. The molecule has 702 valence electrons. The number of hydrogen-bond donors (Lipinski definition) is 0. The van der Waals surface area contributed by atoms with Crippen LogP contribution in [0, 0.1) is 39.4 Å². The van der Waals surface area contributed by atoms with Gasteiger partial charge in [0.15, 0.2) is 0 Å². The van der Waals surface area contributed by atoms with E-state index in [-0.39, 0.29) is 38.2 Å². The minimum atomic E-state index is -2.47. The van der Waals surface area contributed by atoms with Crippen molar-refractivity contribution in [1.29, 1.82) is 0 Å². The van der Waals surface area contributed by atoms with Crippen molar-refractivity contribution in [2.75, 3.05) is 29.5 Å². The lowest BCUT2D eigenvalue weighted by Crippen LogP contribution is -2.24. The molecular formula is C105H150F3N15O4S2. The average molecular weight is 1810 g/mol. The molecule has 1 saturated carbocycles. The fourth-order valence-corrected chi connectivity index (χ4v) is 13.8. The van der Waals surface area contributed by atoms with Crippen molar-refractivity contribution >= 4 is 57.0 Å². The van der Waals surface area contributed by atoms with Crippen molar-refractivity contribution in [3.8, 4) is 0 Å². The molecule has 2 aromatic carbocycles. The number of furan rings is 1. The van der Waals surface area contributed by atoms with Crippen molar-refractivity contribution in [2.45, 2.75) is 318 Å². The highest BCUT2D eigenvalue weighted by Gasteiger charge is 2.28. The molecule has 0 atom stereocenters. The van der Waals surface area contributed by atoms with E-state index in [1.807, 2.05) is 139 Å². The Bertz CT molecular complexity index is 4900. The van der Waals surface area contributed by atoms with Crippen LogP contribution in [0.4, 0.5) is 29.3 Å². The molecule has 2 aliphatic heterocycles. The van der Waals surface area contributed by atoms with Crippen LogP contribution in [-0.4, -0.2) is 96.5 Å². The van der Waals surface area contributed by atoms with Crippen molar-refractivity contribution in [1.82, 2.24) is 64.8 Å². The van der Waals surface area contributed by atoms with Gasteiger partial charge in [0.1, 0.15) is 53.3 Å². The summed E-state index contributed by atoms with van der Waals surface area (Å²) in [5.74, 6) is 10.5. The summed E-state index contributed by atoms with van der Waals surface area (Å²) in [6.45, 7) is 60.8. The Morgan fingerprint density at radius 1 is 0.442 bits per heavy atom. The van der Waals surface area contributed by atoms with Crippen LogP contribution in [0.15, 0.2) is 176 Å². The predicted octanol–water partition coefficient (Wildman–Crippen LogP) is 29.7. The first kappa shape index (κ1) is 113. The van der Waals surface area contributed by atoms with Gasteiger partial charge in [-0.1, -0.05) is 199 Å². The Labute approximate surface area is 779 Å². The number of amides is 2. The Morgan fingerprint density at radius 3 is 1.36 bits per heavy atom. The van der Waals surface area contributed by atoms with Gasteiger partial charge in [-0.05, 0) is 219 Å². The molecule has 24 heteroatoms. The van der Waals surface area contributed by atoms with E-state index in [1.54, 1.807) is 60.7 Å². The second-order valence-corrected chi connectivity index (χ2v) is 37.8. The standard InChI is InChI=1S/C13H17NO.C12H14FNO2.C10H14N2.C10H11NO.C10H17NS.C9H11F2N.C9H13N.2C8H12N2.C7H10N2.C7H11NS.2CH4/c1-10(2)11-5-7-12(8-6-11)14-9-3-4-13(14)15;1-8(2)9-3-4-10(13)11(7-9)14-5-6-16-12(14)15;1-7(2)9-5-6-11-10(12-9)8-3-4-8;1-7(2)10-5-8-6-11-4-3-9(8)12-10;1-7(2)5-10-11-6-9(12-10)8(3)4;1-6(2)7-3-4-12-8(5-7)9(10)11;1-7(2)9-4-5-10-8(3)6-9;2*1-6(2)8-4-5-9-7(3)10-8;1-6(2)7-3-4-8-5-9-7;1-5(2)7-4-8-6(3)9-7;;/h5-8,10H,3-4,9H2,1-2H3;3-4,7-8H,5-6H2,1-2H3;5-8H,3-4H2,1-2H3;3-7H,1-2H3;6-8H,5H2,1-4H3;3-6,9H,1-2H3;4-7H,1-3H3;2*4-6H,1-3H3;3-6H,1-2H3;4-5H,1-3H3;2*1H4. The Balaban J connectivity index is 0.000000367. The summed E-state index contributed by atoms with van der Waals surface area (Å²) in [7, 11) is 0. The fraction of sp³-hybridized carbons (Fsp3) is 0.495. The lowest BCUT2D eigenvalue weighted by atomic mass is 10.0. The highest BCUT2D eigenvalue weighted by Crippen LogP contribution is 2.38. The maximum Gasteiger partial charge on any atom is 0.414 e. The van der Waals surface area contributed by atoms with E-state index in [9.17, 15) is 22.8 Å². The van der Waals surface area contributed by atoms with Gasteiger partial charge in [0.05, 0.1) is 22.2 Å². The molecule has 15 rings (SSSR count). The van der Waals surface area contributed by atoms with Crippen LogP contribution < -0.4 is 9.80 Å². The molecule has 0 spiro atoms. The molecule has 10 aromatic heterocycles. The van der Waals surface area contributed by atoms with E-state index in [0.717, 1.165) is 99.1 Å². The zero-order valence-electron chi connectivity index (χ0n) is 80.7. The summed E-state index contributed by atoms with van der Waals surface area (Å²) in [6, 6.07) is 32.4. The smallest absolute Gasteiger partial charge is 0.414 e. The van der Waals surface area contributed by atoms with E-state index >= 15 is 0 Å². The second kappa shape index (κ2) is 58.3. The molecule has 129 heavy (non-hydrogen) atoms. The van der Waals surface area contributed by atoms with Crippen LogP contribution in [0.2, 0.25) is 0 Å². The van der Waals surface area contributed by atoms with E-state index < -0.39 is 12.5 Å². The number of carbonyl (C=O) groups is 2. The Morgan fingerprint density at radius 2 is 0.946 bits per heavy atom. The zero-order valence-corrected chi connectivity index (χ0v) is 82.3. The normalized spacial score (nSPS) is 12.5. The first-order valence-corrected chi connectivity index (χ1v) is 46.4. The molecule has 19 nitrogen and oxygen atoms in total. The molecular weight excluding hydrogens is 1660 g/mol. The Kier molecular flexibility index (Phi) is 50.9. The molecule has 12 aromatic rings. The molecule has 2 amide bonds. The van der Waals surface area contributed by atoms with Crippen molar-refractivity contribution in [3.63, 3.8) is 0 Å². The van der Waals surface area contributed by atoms with Crippen molar-refractivity contribution in [3.05, 3.63) is 277 Å². The van der Waals surface area contributed by atoms with Gasteiger partial charge in [-0.2, -0.15) is 0 Å².